The van der Waals surface area contributed by atoms with Crippen LogP contribution in [-0.4, -0.2) is 48.6 Å². The van der Waals surface area contributed by atoms with Gasteiger partial charge in [-0.1, -0.05) is 12.1 Å². The molecule has 0 aliphatic carbocycles. The van der Waals surface area contributed by atoms with Crippen LogP contribution in [0, 0.1) is 0 Å². The van der Waals surface area contributed by atoms with Crippen LogP contribution >= 0.6 is 12.4 Å². The number of nitrogens with zero attached hydrogens (tertiary/aromatic N) is 1. The molecule has 11 heteroatoms. The van der Waals surface area contributed by atoms with Crippen LogP contribution in [0.1, 0.15) is 28.9 Å². The van der Waals surface area contributed by atoms with Gasteiger partial charge in [0.25, 0.3) is 5.91 Å². The van der Waals surface area contributed by atoms with Gasteiger partial charge in [-0.05, 0) is 30.2 Å². The zero-order chi connectivity index (χ0) is 23.0. The number of esters is 2. The van der Waals surface area contributed by atoms with Gasteiger partial charge in [0, 0.05) is 25.4 Å². The van der Waals surface area contributed by atoms with E-state index in [2.05, 4.69) is 20.1 Å². The molecule has 0 aliphatic rings. The summed E-state index contributed by atoms with van der Waals surface area (Å²) in [6.07, 6.45) is 1.61. The van der Waals surface area contributed by atoms with Gasteiger partial charge >= 0.3 is 11.9 Å². The second-order valence-electron chi connectivity index (χ2n) is 6.86. The lowest BCUT2D eigenvalue weighted by Crippen LogP contribution is -2.42. The molecular weight excluding hydrogens is 440 g/mol. The van der Waals surface area contributed by atoms with Crippen LogP contribution in [0.3, 0.4) is 0 Å². The van der Waals surface area contributed by atoms with E-state index in [1.54, 1.807) is 48.1 Å². The first kappa shape index (κ1) is 26.5. The van der Waals surface area contributed by atoms with Crippen molar-refractivity contribution >= 4 is 47.5 Å². The average Bonchev–Trinajstić information content (AvgIpc) is 3.08. The summed E-state index contributed by atoms with van der Waals surface area (Å²) in [6.45, 7) is 0. The Morgan fingerprint density at radius 1 is 1.12 bits per heavy atom. The lowest BCUT2D eigenvalue weighted by molar-refractivity contribution is -0.146. The van der Waals surface area contributed by atoms with Crippen LogP contribution < -0.4 is 16.4 Å². The number of aromatic nitrogens is 1. The summed E-state index contributed by atoms with van der Waals surface area (Å²) in [5.74, 6) is -1.92. The number of aryl methyl sites for hydroxylation is 1. The number of hydrogen-bond donors (Lipinski definition) is 3. The summed E-state index contributed by atoms with van der Waals surface area (Å²) in [6, 6.07) is 7.37. The maximum atomic E-state index is 12.4. The van der Waals surface area contributed by atoms with Crippen LogP contribution in [0.2, 0.25) is 0 Å². The standard InChI is InChI=1S/C21H26N4O6.ClH/c1-25-12-14(22)11-17(25)20(28)23-15-6-4-5-13(9-15)10-18(26)24-16(21(29)31-3)7-8-19(27)30-2;/h4-6,9,11-12,16H,7-8,10,22H2,1-3H3,(H,23,28)(H,24,26);1H. The van der Waals surface area contributed by atoms with Crippen LogP contribution in [-0.2, 0) is 37.3 Å². The van der Waals surface area contributed by atoms with E-state index >= 15 is 0 Å². The maximum Gasteiger partial charge on any atom is 0.328 e. The Morgan fingerprint density at radius 2 is 1.84 bits per heavy atom. The van der Waals surface area contributed by atoms with E-state index in [-0.39, 0.29) is 37.6 Å². The van der Waals surface area contributed by atoms with Crippen LogP contribution in [0.15, 0.2) is 36.5 Å². The fourth-order valence-electron chi connectivity index (χ4n) is 2.96. The van der Waals surface area contributed by atoms with E-state index in [0.717, 1.165) is 0 Å². The van der Waals surface area contributed by atoms with Crippen molar-refractivity contribution in [1.82, 2.24) is 9.88 Å². The van der Waals surface area contributed by atoms with Crippen LogP contribution in [0.4, 0.5) is 11.4 Å². The molecule has 4 N–H and O–H groups in total. The van der Waals surface area contributed by atoms with E-state index in [0.29, 0.717) is 22.6 Å². The molecule has 0 saturated heterocycles. The molecule has 0 radical (unpaired) electrons. The number of ether oxygens (including phenoxy) is 2. The molecule has 32 heavy (non-hydrogen) atoms. The smallest absolute Gasteiger partial charge is 0.328 e. The summed E-state index contributed by atoms with van der Waals surface area (Å²) in [5.41, 5.74) is 7.70. The molecule has 0 aliphatic heterocycles. The minimum absolute atomic E-state index is 0. The molecule has 1 heterocycles. The van der Waals surface area contributed by atoms with Gasteiger partial charge in [-0.15, -0.1) is 12.4 Å². The number of methoxy groups -OCH3 is 2. The first-order valence-corrected chi connectivity index (χ1v) is 9.49. The summed E-state index contributed by atoms with van der Waals surface area (Å²) in [7, 11) is 4.16. The van der Waals surface area contributed by atoms with Crippen LogP contribution in [0.25, 0.3) is 0 Å². The first-order chi connectivity index (χ1) is 14.7. The Kier molecular flexibility index (Phi) is 10.2. The third-order valence-corrected chi connectivity index (χ3v) is 4.49. The Bertz CT molecular complexity index is 975. The number of carbonyl (C=O) groups excluding carboxylic acids is 4. The summed E-state index contributed by atoms with van der Waals surface area (Å²) < 4.78 is 10.8. The van der Waals surface area contributed by atoms with Crippen molar-refractivity contribution in [3.8, 4) is 0 Å². The van der Waals surface area contributed by atoms with Crippen molar-refractivity contribution in [3.05, 3.63) is 47.8 Å². The molecule has 2 rings (SSSR count). The SMILES string of the molecule is COC(=O)CCC(NC(=O)Cc1cccc(NC(=O)c2cc(N)cn2C)c1)C(=O)OC.Cl. The van der Waals surface area contributed by atoms with Crippen molar-refractivity contribution in [2.45, 2.75) is 25.3 Å². The van der Waals surface area contributed by atoms with Gasteiger partial charge in [0.05, 0.1) is 26.3 Å². The topological polar surface area (TPSA) is 142 Å². The number of halogens is 1. The third-order valence-electron chi connectivity index (χ3n) is 4.49. The molecule has 1 atom stereocenters. The van der Waals surface area contributed by atoms with Gasteiger partial charge in [-0.25, -0.2) is 4.79 Å². The van der Waals surface area contributed by atoms with Gasteiger partial charge in [0.15, 0.2) is 0 Å². The fourth-order valence-corrected chi connectivity index (χ4v) is 2.96. The predicted molar refractivity (Wildman–Crippen MR) is 120 cm³/mol. The highest BCUT2D eigenvalue weighted by molar-refractivity contribution is 6.03. The van der Waals surface area contributed by atoms with Crippen molar-refractivity contribution < 1.29 is 28.7 Å². The number of nitrogens with one attached hydrogen (secondary N) is 2. The van der Waals surface area contributed by atoms with E-state index in [9.17, 15) is 19.2 Å². The zero-order valence-corrected chi connectivity index (χ0v) is 18.9. The average molecular weight is 467 g/mol. The number of anilines is 2. The number of rotatable bonds is 9. The molecule has 0 spiro atoms. The van der Waals surface area contributed by atoms with Crippen molar-refractivity contribution in [1.29, 1.82) is 0 Å². The highest BCUT2D eigenvalue weighted by Gasteiger charge is 2.23. The molecule has 0 fully saturated rings. The molecule has 0 saturated carbocycles. The number of nitrogens with two attached hydrogens (primary N) is 1. The Morgan fingerprint density at radius 3 is 2.44 bits per heavy atom. The highest BCUT2D eigenvalue weighted by Crippen LogP contribution is 2.15. The molecule has 1 aromatic carbocycles. The largest absolute Gasteiger partial charge is 0.469 e. The Balaban J connectivity index is 0.00000512. The molecule has 0 bridgehead atoms. The maximum absolute atomic E-state index is 12.4. The second kappa shape index (κ2) is 12.4. The number of hydrogen-bond acceptors (Lipinski definition) is 7. The fraction of sp³-hybridized carbons (Fsp3) is 0.333. The summed E-state index contributed by atoms with van der Waals surface area (Å²) in [4.78, 5) is 48.1. The van der Waals surface area contributed by atoms with Gasteiger partial charge in [-0.3, -0.25) is 14.4 Å². The molecule has 10 nitrogen and oxygen atoms in total. The number of nitrogen functional groups attached to an aromatic ring is 1. The third kappa shape index (κ3) is 7.62. The monoisotopic (exact) mass is 466 g/mol. The number of benzene rings is 1. The van der Waals surface area contributed by atoms with E-state index in [1.165, 1.54) is 14.2 Å². The highest BCUT2D eigenvalue weighted by atomic mass is 35.5. The van der Waals surface area contributed by atoms with E-state index in [4.69, 9.17) is 5.73 Å². The number of carbonyl (C=O) groups is 4. The molecule has 1 unspecified atom stereocenters. The quantitative estimate of drug-likeness (QED) is 0.474. The second-order valence-corrected chi connectivity index (χ2v) is 6.86. The minimum Gasteiger partial charge on any atom is -0.469 e. The van der Waals surface area contributed by atoms with Crippen molar-refractivity contribution in [3.63, 3.8) is 0 Å². The lowest BCUT2D eigenvalue weighted by atomic mass is 10.1. The van der Waals surface area contributed by atoms with E-state index < -0.39 is 23.9 Å². The molecule has 174 valence electrons. The van der Waals surface area contributed by atoms with Gasteiger partial charge in [0.2, 0.25) is 5.91 Å². The van der Waals surface area contributed by atoms with Crippen LogP contribution in [0.5, 0.6) is 0 Å². The normalized spacial score (nSPS) is 11.0. The predicted octanol–water partition coefficient (Wildman–Crippen LogP) is 1.43. The summed E-state index contributed by atoms with van der Waals surface area (Å²) in [5, 5.41) is 5.33. The Hall–Kier alpha value is -3.53. The van der Waals surface area contributed by atoms with Gasteiger partial charge in [-0.2, -0.15) is 0 Å². The Labute approximate surface area is 191 Å². The minimum atomic E-state index is -0.970. The van der Waals surface area contributed by atoms with Gasteiger partial charge in [0.1, 0.15) is 11.7 Å². The van der Waals surface area contributed by atoms with Gasteiger partial charge < -0.3 is 30.4 Å². The number of amides is 2. The first-order valence-electron chi connectivity index (χ1n) is 9.49. The van der Waals surface area contributed by atoms with E-state index in [1.807, 2.05) is 0 Å². The summed E-state index contributed by atoms with van der Waals surface area (Å²) >= 11 is 0. The zero-order valence-electron chi connectivity index (χ0n) is 18.0. The van der Waals surface area contributed by atoms with Crippen molar-refractivity contribution in [2.24, 2.45) is 7.05 Å². The molecular formula is C21H27ClN4O6. The molecule has 1 aromatic heterocycles. The molecule has 2 amide bonds. The lowest BCUT2D eigenvalue weighted by Gasteiger charge is -2.16. The van der Waals surface area contributed by atoms with Crippen molar-refractivity contribution in [2.75, 3.05) is 25.3 Å². The molecule has 2 aromatic rings.